The smallest absolute Gasteiger partial charge is 0.161 e. The Morgan fingerprint density at radius 2 is 1.71 bits per heavy atom. The first-order valence-corrected chi connectivity index (χ1v) is 13.3. The molecule has 0 aliphatic heterocycles. The summed E-state index contributed by atoms with van der Waals surface area (Å²) in [5.74, 6) is 3.90. The lowest BCUT2D eigenvalue weighted by molar-refractivity contribution is -0.131. The number of ketones is 1. The molecule has 0 saturated heterocycles. The van der Waals surface area contributed by atoms with Gasteiger partial charge in [0.15, 0.2) is 5.78 Å². The maximum Gasteiger partial charge on any atom is 0.161 e. The fourth-order valence-electron chi connectivity index (χ4n) is 9.04. The number of hydrogen-bond acceptors (Lipinski definition) is 1. The standard InChI is InChI=1S/C30H48O/c1-20(2)10-9-11-21(3)22-14-18-30(8)24-12-13-25-27(4,5)26(31)16-17-28(25,6)23(24)15-19-29(22,30)7/h12,16-17,20-23,25H,9-11,13-15,18-19H2,1-8H3/t21-,22-,23-,25?,28+,29-,30+/m0/s1. The highest BCUT2D eigenvalue weighted by Crippen LogP contribution is 2.72. The fraction of sp³-hybridized carbons (Fsp3) is 0.833. The Labute approximate surface area is 192 Å². The molecule has 1 unspecified atom stereocenters. The molecule has 4 aliphatic carbocycles. The van der Waals surface area contributed by atoms with Crippen LogP contribution in [-0.2, 0) is 4.79 Å². The molecule has 0 N–H and O–H groups in total. The normalized spacial score (nSPS) is 44.5. The van der Waals surface area contributed by atoms with E-state index in [1.807, 2.05) is 6.08 Å². The van der Waals surface area contributed by atoms with Crippen molar-refractivity contribution in [1.29, 1.82) is 0 Å². The molecule has 0 radical (unpaired) electrons. The van der Waals surface area contributed by atoms with Crippen LogP contribution in [-0.4, -0.2) is 5.78 Å². The Morgan fingerprint density at radius 3 is 2.39 bits per heavy atom. The second-order valence-electron chi connectivity index (χ2n) is 13.5. The van der Waals surface area contributed by atoms with Gasteiger partial charge in [-0.05, 0) is 84.0 Å². The van der Waals surface area contributed by atoms with Crippen molar-refractivity contribution in [1.82, 2.24) is 0 Å². The third-order valence-corrected chi connectivity index (χ3v) is 11.3. The summed E-state index contributed by atoms with van der Waals surface area (Å²) in [6.45, 7) is 19.4. The van der Waals surface area contributed by atoms with E-state index in [9.17, 15) is 4.79 Å². The molecule has 7 atom stereocenters. The molecule has 4 aliphatic rings. The van der Waals surface area contributed by atoms with Gasteiger partial charge in [0, 0.05) is 5.41 Å². The van der Waals surface area contributed by atoms with E-state index in [4.69, 9.17) is 0 Å². The highest BCUT2D eigenvalue weighted by molar-refractivity contribution is 5.95. The largest absolute Gasteiger partial charge is 0.294 e. The molecule has 0 aromatic heterocycles. The predicted octanol–water partition coefficient (Wildman–Crippen LogP) is 8.40. The fourth-order valence-corrected chi connectivity index (χ4v) is 9.04. The van der Waals surface area contributed by atoms with Gasteiger partial charge in [0.25, 0.3) is 0 Å². The highest BCUT2D eigenvalue weighted by atomic mass is 16.1. The van der Waals surface area contributed by atoms with Crippen molar-refractivity contribution in [2.75, 3.05) is 0 Å². The minimum atomic E-state index is -0.240. The van der Waals surface area contributed by atoms with Crippen molar-refractivity contribution in [2.24, 2.45) is 51.2 Å². The molecule has 2 fully saturated rings. The van der Waals surface area contributed by atoms with Gasteiger partial charge < -0.3 is 0 Å². The molecule has 31 heavy (non-hydrogen) atoms. The third-order valence-electron chi connectivity index (χ3n) is 11.3. The molecule has 0 aromatic rings. The minimum absolute atomic E-state index is 0.132. The van der Waals surface area contributed by atoms with Gasteiger partial charge in [-0.25, -0.2) is 0 Å². The number of rotatable bonds is 5. The summed E-state index contributed by atoms with van der Waals surface area (Å²) in [5.41, 5.74) is 2.43. The van der Waals surface area contributed by atoms with E-state index in [-0.39, 0.29) is 10.8 Å². The Balaban J connectivity index is 1.62. The van der Waals surface area contributed by atoms with Gasteiger partial charge in [0.1, 0.15) is 0 Å². The van der Waals surface area contributed by atoms with Gasteiger partial charge >= 0.3 is 0 Å². The van der Waals surface area contributed by atoms with Crippen molar-refractivity contribution in [3.63, 3.8) is 0 Å². The summed E-state index contributed by atoms with van der Waals surface area (Å²) in [6, 6.07) is 0. The van der Waals surface area contributed by atoms with Crippen LogP contribution in [0.2, 0.25) is 0 Å². The number of carbonyl (C=O) groups is 1. The summed E-state index contributed by atoms with van der Waals surface area (Å²) in [4.78, 5) is 12.7. The zero-order chi connectivity index (χ0) is 22.8. The van der Waals surface area contributed by atoms with Crippen LogP contribution in [0, 0.1) is 51.2 Å². The molecular weight excluding hydrogens is 376 g/mol. The molecule has 2 saturated carbocycles. The number of fused-ring (bicyclic) bond motifs is 5. The lowest BCUT2D eigenvalue weighted by Gasteiger charge is -2.62. The average molecular weight is 425 g/mol. The van der Waals surface area contributed by atoms with Crippen molar-refractivity contribution >= 4 is 5.78 Å². The molecule has 4 rings (SSSR count). The summed E-state index contributed by atoms with van der Waals surface area (Å²) in [7, 11) is 0. The number of carbonyl (C=O) groups excluding carboxylic acids is 1. The first kappa shape index (κ1) is 23.3. The molecule has 0 aromatic carbocycles. The molecule has 0 heterocycles. The predicted molar refractivity (Wildman–Crippen MR) is 132 cm³/mol. The molecule has 0 spiro atoms. The SMILES string of the molecule is CC(C)CCC[C@H](C)[C@@H]1CC[C@]2(C)C3=CCC4C(C)(C)C(=O)C=C[C@]4(C)[C@H]3CC[C@@]12C. The second kappa shape index (κ2) is 7.59. The van der Waals surface area contributed by atoms with E-state index in [0.717, 1.165) is 24.2 Å². The first-order chi connectivity index (χ1) is 14.4. The Bertz CT molecular complexity index is 784. The highest BCUT2D eigenvalue weighted by Gasteiger charge is 2.64. The quantitative estimate of drug-likeness (QED) is 0.405. The van der Waals surface area contributed by atoms with Crippen LogP contribution in [0.15, 0.2) is 23.8 Å². The Kier molecular flexibility index (Phi) is 5.71. The van der Waals surface area contributed by atoms with Crippen molar-refractivity contribution in [2.45, 2.75) is 107 Å². The van der Waals surface area contributed by atoms with Gasteiger partial charge in [-0.2, -0.15) is 0 Å². The van der Waals surface area contributed by atoms with Gasteiger partial charge in [-0.1, -0.05) is 92.4 Å². The zero-order valence-electron chi connectivity index (χ0n) is 21.7. The first-order valence-electron chi connectivity index (χ1n) is 13.3. The van der Waals surface area contributed by atoms with E-state index < -0.39 is 0 Å². The Morgan fingerprint density at radius 1 is 1.00 bits per heavy atom. The number of allylic oxidation sites excluding steroid dienone is 4. The van der Waals surface area contributed by atoms with E-state index in [1.54, 1.807) is 5.57 Å². The molecule has 1 heteroatoms. The molecular formula is C30H48O. The summed E-state index contributed by atoms with van der Waals surface area (Å²) in [5, 5.41) is 0. The summed E-state index contributed by atoms with van der Waals surface area (Å²) < 4.78 is 0. The Hall–Kier alpha value is -0.850. The minimum Gasteiger partial charge on any atom is -0.294 e. The van der Waals surface area contributed by atoms with E-state index in [1.165, 1.54) is 44.9 Å². The van der Waals surface area contributed by atoms with E-state index >= 15 is 0 Å². The third kappa shape index (κ3) is 3.26. The topological polar surface area (TPSA) is 17.1 Å². The van der Waals surface area contributed by atoms with Crippen LogP contribution in [0.3, 0.4) is 0 Å². The van der Waals surface area contributed by atoms with E-state index in [2.05, 4.69) is 67.5 Å². The second-order valence-corrected chi connectivity index (χ2v) is 13.5. The van der Waals surface area contributed by atoms with Crippen LogP contribution in [0.5, 0.6) is 0 Å². The molecule has 174 valence electrons. The zero-order valence-corrected chi connectivity index (χ0v) is 21.7. The van der Waals surface area contributed by atoms with Gasteiger partial charge in [0.2, 0.25) is 0 Å². The van der Waals surface area contributed by atoms with Gasteiger partial charge in [-0.15, -0.1) is 0 Å². The molecule has 0 amide bonds. The molecule has 0 bridgehead atoms. The van der Waals surface area contributed by atoms with Crippen molar-refractivity contribution in [3.8, 4) is 0 Å². The average Bonchev–Trinajstić information content (AvgIpc) is 2.96. The van der Waals surface area contributed by atoms with Crippen molar-refractivity contribution in [3.05, 3.63) is 23.8 Å². The maximum absolute atomic E-state index is 12.7. The number of hydrogen-bond donors (Lipinski definition) is 0. The monoisotopic (exact) mass is 424 g/mol. The van der Waals surface area contributed by atoms with Gasteiger partial charge in [0.05, 0.1) is 0 Å². The summed E-state index contributed by atoms with van der Waals surface area (Å²) >= 11 is 0. The van der Waals surface area contributed by atoms with Crippen LogP contribution in [0.4, 0.5) is 0 Å². The lowest BCUT2D eigenvalue weighted by atomic mass is 9.42. The van der Waals surface area contributed by atoms with E-state index in [0.29, 0.717) is 28.4 Å². The van der Waals surface area contributed by atoms with Crippen molar-refractivity contribution < 1.29 is 4.79 Å². The maximum atomic E-state index is 12.7. The lowest BCUT2D eigenvalue weighted by Crippen LogP contribution is -2.55. The van der Waals surface area contributed by atoms with Crippen LogP contribution in [0.1, 0.15) is 107 Å². The molecule has 1 nitrogen and oxygen atoms in total. The summed E-state index contributed by atoms with van der Waals surface area (Å²) in [6.07, 6.45) is 17.6. The van der Waals surface area contributed by atoms with Crippen LogP contribution < -0.4 is 0 Å². The van der Waals surface area contributed by atoms with Crippen LogP contribution in [0.25, 0.3) is 0 Å². The van der Waals surface area contributed by atoms with Crippen LogP contribution >= 0.6 is 0 Å². The van der Waals surface area contributed by atoms with Gasteiger partial charge in [-0.3, -0.25) is 4.79 Å².